The molecular weight excluding hydrogens is 182 g/mol. The molecule has 3 N–H and O–H groups in total. The minimum atomic E-state index is -0.703. The van der Waals surface area contributed by atoms with Gasteiger partial charge < -0.3 is 15.5 Å². The molecule has 1 heterocycles. The summed E-state index contributed by atoms with van der Waals surface area (Å²) in [7, 11) is 1.87. The summed E-state index contributed by atoms with van der Waals surface area (Å²) in [5, 5.41) is 24.9. The van der Waals surface area contributed by atoms with Crippen molar-refractivity contribution < 1.29 is 10.2 Å². The molecule has 0 spiro atoms. The standard InChI is InChI=1S/C9H17N3O2/c1-7(10-5-8(14)6-13)9-3-4-11-12(9)2/h3-4,7-8,10,13-14H,5-6H2,1-2H3. The Labute approximate surface area is 83.4 Å². The Balaban J connectivity index is 2.43. The molecule has 1 aromatic heterocycles. The van der Waals surface area contributed by atoms with E-state index in [4.69, 9.17) is 10.2 Å². The fraction of sp³-hybridized carbons (Fsp3) is 0.667. The number of aromatic nitrogens is 2. The van der Waals surface area contributed by atoms with Gasteiger partial charge in [0.15, 0.2) is 0 Å². The lowest BCUT2D eigenvalue weighted by Crippen LogP contribution is -2.31. The molecule has 80 valence electrons. The second-order valence-corrected chi connectivity index (χ2v) is 3.35. The number of hydrogen-bond acceptors (Lipinski definition) is 4. The van der Waals surface area contributed by atoms with Crippen LogP contribution < -0.4 is 5.32 Å². The second-order valence-electron chi connectivity index (χ2n) is 3.35. The summed E-state index contributed by atoms with van der Waals surface area (Å²) in [6, 6.07) is 2.03. The first-order chi connectivity index (χ1) is 6.65. The van der Waals surface area contributed by atoms with Gasteiger partial charge in [-0.25, -0.2) is 0 Å². The van der Waals surface area contributed by atoms with Crippen LogP contribution in [0.2, 0.25) is 0 Å². The summed E-state index contributed by atoms with van der Waals surface area (Å²) in [4.78, 5) is 0. The number of hydrogen-bond donors (Lipinski definition) is 3. The van der Waals surface area contributed by atoms with E-state index in [1.165, 1.54) is 0 Å². The van der Waals surface area contributed by atoms with Crippen molar-refractivity contribution in [2.24, 2.45) is 7.05 Å². The molecule has 5 heteroatoms. The first-order valence-corrected chi connectivity index (χ1v) is 4.65. The summed E-state index contributed by atoms with van der Waals surface area (Å²) in [5.74, 6) is 0. The van der Waals surface area contributed by atoms with Crippen molar-refractivity contribution in [2.75, 3.05) is 13.2 Å². The van der Waals surface area contributed by atoms with Gasteiger partial charge in [0.1, 0.15) is 0 Å². The van der Waals surface area contributed by atoms with Crippen LogP contribution in [0, 0.1) is 0 Å². The third kappa shape index (κ3) is 2.80. The molecule has 0 aromatic carbocycles. The van der Waals surface area contributed by atoms with Crippen molar-refractivity contribution in [1.29, 1.82) is 0 Å². The highest BCUT2D eigenvalue weighted by atomic mass is 16.3. The van der Waals surface area contributed by atoms with Gasteiger partial charge in [-0.3, -0.25) is 4.68 Å². The maximum absolute atomic E-state index is 9.14. The quantitative estimate of drug-likeness (QED) is 0.593. The average Bonchev–Trinajstić information content (AvgIpc) is 2.60. The second kappa shape index (κ2) is 5.09. The van der Waals surface area contributed by atoms with E-state index in [2.05, 4.69) is 10.4 Å². The van der Waals surface area contributed by atoms with Crippen molar-refractivity contribution in [3.8, 4) is 0 Å². The molecule has 0 bridgehead atoms. The van der Waals surface area contributed by atoms with Crippen LogP contribution >= 0.6 is 0 Å². The van der Waals surface area contributed by atoms with Crippen molar-refractivity contribution in [3.63, 3.8) is 0 Å². The Morgan fingerprint density at radius 1 is 1.64 bits per heavy atom. The first kappa shape index (κ1) is 11.2. The zero-order valence-electron chi connectivity index (χ0n) is 8.51. The van der Waals surface area contributed by atoms with Crippen LogP contribution in [0.25, 0.3) is 0 Å². The minimum Gasteiger partial charge on any atom is -0.394 e. The fourth-order valence-electron chi connectivity index (χ4n) is 1.29. The van der Waals surface area contributed by atoms with E-state index in [1.54, 1.807) is 10.9 Å². The Kier molecular flexibility index (Phi) is 4.06. The molecule has 2 unspecified atom stereocenters. The van der Waals surface area contributed by atoms with Crippen LogP contribution in [0.3, 0.4) is 0 Å². The van der Waals surface area contributed by atoms with Crippen molar-refractivity contribution in [3.05, 3.63) is 18.0 Å². The number of nitrogens with zero attached hydrogens (tertiary/aromatic N) is 2. The highest BCUT2D eigenvalue weighted by Gasteiger charge is 2.10. The summed E-state index contributed by atoms with van der Waals surface area (Å²) < 4.78 is 1.78. The normalized spacial score (nSPS) is 15.4. The highest BCUT2D eigenvalue weighted by molar-refractivity contribution is 5.05. The van der Waals surface area contributed by atoms with Crippen LogP contribution in [-0.2, 0) is 7.05 Å². The summed E-state index contributed by atoms with van der Waals surface area (Å²) in [6.07, 6.45) is 1.03. The van der Waals surface area contributed by atoms with Gasteiger partial charge in [0.05, 0.1) is 18.4 Å². The smallest absolute Gasteiger partial charge is 0.0895 e. The van der Waals surface area contributed by atoms with E-state index in [1.807, 2.05) is 20.0 Å². The lowest BCUT2D eigenvalue weighted by Gasteiger charge is -2.16. The SMILES string of the molecule is CC(NCC(O)CO)c1ccnn1C. The number of aryl methyl sites for hydroxylation is 1. The lowest BCUT2D eigenvalue weighted by atomic mass is 10.2. The molecule has 1 rings (SSSR count). The van der Waals surface area contributed by atoms with Crippen molar-refractivity contribution in [1.82, 2.24) is 15.1 Å². The van der Waals surface area contributed by atoms with Crippen LogP contribution in [0.15, 0.2) is 12.3 Å². The fourth-order valence-corrected chi connectivity index (χ4v) is 1.29. The summed E-state index contributed by atoms with van der Waals surface area (Å²) in [6.45, 7) is 2.15. The van der Waals surface area contributed by atoms with Crippen molar-refractivity contribution in [2.45, 2.75) is 19.1 Å². The lowest BCUT2D eigenvalue weighted by molar-refractivity contribution is 0.0921. The van der Waals surface area contributed by atoms with E-state index < -0.39 is 6.10 Å². The molecule has 0 saturated heterocycles. The number of rotatable bonds is 5. The molecule has 0 amide bonds. The minimum absolute atomic E-state index is 0.115. The molecule has 14 heavy (non-hydrogen) atoms. The zero-order valence-corrected chi connectivity index (χ0v) is 8.51. The van der Waals surface area contributed by atoms with Gasteiger partial charge in [0, 0.05) is 25.8 Å². The van der Waals surface area contributed by atoms with Crippen LogP contribution in [0.5, 0.6) is 0 Å². The maximum Gasteiger partial charge on any atom is 0.0895 e. The van der Waals surface area contributed by atoms with E-state index in [-0.39, 0.29) is 12.6 Å². The number of aliphatic hydroxyl groups excluding tert-OH is 2. The van der Waals surface area contributed by atoms with Crippen molar-refractivity contribution >= 4 is 0 Å². The number of aliphatic hydroxyl groups is 2. The largest absolute Gasteiger partial charge is 0.394 e. The molecule has 5 nitrogen and oxygen atoms in total. The number of nitrogens with one attached hydrogen (secondary N) is 1. The third-order valence-electron chi connectivity index (χ3n) is 2.17. The monoisotopic (exact) mass is 199 g/mol. The van der Waals surface area contributed by atoms with Crippen LogP contribution in [0.1, 0.15) is 18.7 Å². The van der Waals surface area contributed by atoms with Gasteiger partial charge in [-0.2, -0.15) is 5.10 Å². The van der Waals surface area contributed by atoms with Gasteiger partial charge in [-0.05, 0) is 13.0 Å². The van der Waals surface area contributed by atoms with Gasteiger partial charge in [0.25, 0.3) is 0 Å². The van der Waals surface area contributed by atoms with E-state index in [0.717, 1.165) is 5.69 Å². The summed E-state index contributed by atoms with van der Waals surface area (Å²) >= 11 is 0. The Morgan fingerprint density at radius 3 is 2.86 bits per heavy atom. The Bertz CT molecular complexity index is 275. The molecule has 0 aliphatic rings. The predicted molar refractivity (Wildman–Crippen MR) is 52.7 cm³/mol. The summed E-state index contributed by atoms with van der Waals surface area (Å²) in [5.41, 5.74) is 1.05. The van der Waals surface area contributed by atoms with Gasteiger partial charge in [0.2, 0.25) is 0 Å². The predicted octanol–water partition coefficient (Wildman–Crippen LogP) is -0.576. The van der Waals surface area contributed by atoms with Gasteiger partial charge in [-0.15, -0.1) is 0 Å². The molecule has 1 aromatic rings. The van der Waals surface area contributed by atoms with Crippen LogP contribution in [-0.4, -0.2) is 39.2 Å². The Hall–Kier alpha value is -0.910. The average molecular weight is 199 g/mol. The highest BCUT2D eigenvalue weighted by Crippen LogP contribution is 2.09. The third-order valence-corrected chi connectivity index (χ3v) is 2.17. The molecular formula is C9H17N3O2. The molecule has 0 saturated carbocycles. The molecule has 2 atom stereocenters. The van der Waals surface area contributed by atoms with Crippen LogP contribution in [0.4, 0.5) is 0 Å². The molecule has 0 fully saturated rings. The topological polar surface area (TPSA) is 70.3 Å². The van der Waals surface area contributed by atoms with E-state index >= 15 is 0 Å². The van der Waals surface area contributed by atoms with E-state index in [0.29, 0.717) is 6.54 Å². The maximum atomic E-state index is 9.14. The van der Waals surface area contributed by atoms with Gasteiger partial charge >= 0.3 is 0 Å². The van der Waals surface area contributed by atoms with Gasteiger partial charge in [-0.1, -0.05) is 0 Å². The molecule has 0 aliphatic heterocycles. The molecule has 0 aliphatic carbocycles. The van der Waals surface area contributed by atoms with E-state index in [9.17, 15) is 0 Å². The zero-order chi connectivity index (χ0) is 10.6. The molecule has 0 radical (unpaired) electrons. The Morgan fingerprint density at radius 2 is 2.36 bits per heavy atom. The first-order valence-electron chi connectivity index (χ1n) is 4.65.